The summed E-state index contributed by atoms with van der Waals surface area (Å²) in [6.07, 6.45) is 6.78. The molecule has 0 aromatic heterocycles. The van der Waals surface area contributed by atoms with Gasteiger partial charge in [0, 0.05) is 37.5 Å². The zero-order chi connectivity index (χ0) is 18.0. The van der Waals surface area contributed by atoms with Crippen molar-refractivity contribution in [2.24, 2.45) is 34.5 Å². The quantitative estimate of drug-likeness (QED) is 0.679. The first-order valence-corrected chi connectivity index (χ1v) is 9.97. The van der Waals surface area contributed by atoms with Crippen molar-refractivity contribution in [3.63, 3.8) is 0 Å². The highest BCUT2D eigenvalue weighted by atomic mass is 16.5. The molecule has 0 bridgehead atoms. The van der Waals surface area contributed by atoms with Crippen LogP contribution in [-0.2, 0) is 19.1 Å². The Morgan fingerprint density at radius 3 is 2.44 bits per heavy atom. The summed E-state index contributed by atoms with van der Waals surface area (Å²) < 4.78 is 5.67. The van der Waals surface area contributed by atoms with E-state index in [1.807, 2.05) is 0 Å². The highest BCUT2D eigenvalue weighted by Crippen LogP contribution is 2.65. The Kier molecular flexibility index (Phi) is 3.90. The van der Waals surface area contributed by atoms with Gasteiger partial charge in [-0.15, -0.1) is 0 Å². The molecule has 0 aliphatic heterocycles. The highest BCUT2D eigenvalue weighted by Gasteiger charge is 2.62. The van der Waals surface area contributed by atoms with Gasteiger partial charge in [-0.05, 0) is 55.3 Å². The summed E-state index contributed by atoms with van der Waals surface area (Å²) in [5.74, 6) is 1.76. The first kappa shape index (κ1) is 17.2. The zero-order valence-electron chi connectivity index (χ0n) is 15.7. The van der Waals surface area contributed by atoms with Crippen LogP contribution in [0.15, 0.2) is 0 Å². The third-order valence-electron chi connectivity index (χ3n) is 8.50. The molecule has 0 heterocycles. The van der Waals surface area contributed by atoms with Crippen molar-refractivity contribution in [2.75, 3.05) is 0 Å². The molecule has 0 spiro atoms. The maximum Gasteiger partial charge on any atom is 0.302 e. The molecule has 0 unspecified atom stereocenters. The number of ketones is 2. The molecule has 7 atom stereocenters. The van der Waals surface area contributed by atoms with Gasteiger partial charge in [0.1, 0.15) is 17.7 Å². The SMILES string of the molecule is CC(=O)O[C@H]1CC[C@H]2[C@@H]3CC(=O)[C@H]4CC(=O)CC[C@]4(C)[C@H]3CC[C@]12C. The van der Waals surface area contributed by atoms with Crippen molar-refractivity contribution in [1.29, 1.82) is 0 Å². The molecule has 0 aromatic carbocycles. The number of carbonyl (C=O) groups excluding carboxylic acids is 3. The molecule has 138 valence electrons. The predicted octanol–water partition coefficient (Wildman–Crippen LogP) is 3.71. The summed E-state index contributed by atoms with van der Waals surface area (Å²) in [6.45, 7) is 6.05. The van der Waals surface area contributed by atoms with Gasteiger partial charge in [0.2, 0.25) is 0 Å². The largest absolute Gasteiger partial charge is 0.462 e. The van der Waals surface area contributed by atoms with Crippen LogP contribution in [0.1, 0.15) is 72.1 Å². The lowest BCUT2D eigenvalue weighted by atomic mass is 9.45. The number of esters is 1. The molecule has 4 aliphatic carbocycles. The van der Waals surface area contributed by atoms with Crippen molar-refractivity contribution >= 4 is 17.5 Å². The second kappa shape index (κ2) is 5.65. The van der Waals surface area contributed by atoms with Crippen LogP contribution in [0.2, 0.25) is 0 Å². The van der Waals surface area contributed by atoms with E-state index in [0.717, 1.165) is 32.1 Å². The molecule has 4 rings (SSSR count). The van der Waals surface area contributed by atoms with E-state index in [2.05, 4.69) is 13.8 Å². The number of carbonyl (C=O) groups is 3. The van der Waals surface area contributed by atoms with Gasteiger partial charge < -0.3 is 4.74 Å². The fraction of sp³-hybridized carbons (Fsp3) is 0.857. The number of hydrogen-bond acceptors (Lipinski definition) is 4. The number of rotatable bonds is 1. The van der Waals surface area contributed by atoms with E-state index < -0.39 is 0 Å². The molecule has 4 aliphatic rings. The summed E-state index contributed by atoms with van der Waals surface area (Å²) in [5, 5.41) is 0. The van der Waals surface area contributed by atoms with Crippen molar-refractivity contribution in [3.05, 3.63) is 0 Å². The highest BCUT2D eigenvalue weighted by molar-refractivity contribution is 5.90. The minimum atomic E-state index is -0.188. The maximum atomic E-state index is 12.9. The third-order valence-corrected chi connectivity index (χ3v) is 8.50. The fourth-order valence-corrected chi connectivity index (χ4v) is 7.18. The lowest BCUT2D eigenvalue weighted by molar-refractivity contribution is -0.168. The van der Waals surface area contributed by atoms with Gasteiger partial charge in [0.15, 0.2) is 0 Å². The van der Waals surface area contributed by atoms with Gasteiger partial charge in [-0.3, -0.25) is 14.4 Å². The van der Waals surface area contributed by atoms with Crippen LogP contribution in [-0.4, -0.2) is 23.6 Å². The molecule has 25 heavy (non-hydrogen) atoms. The Labute approximate surface area is 150 Å². The predicted molar refractivity (Wildman–Crippen MR) is 92.7 cm³/mol. The molecule has 4 heteroatoms. The average Bonchev–Trinajstić information content (AvgIpc) is 2.86. The standard InChI is InChI=1S/C21H30O4/c1-12(22)25-19-5-4-15-14-11-18(24)17-10-13(23)6-8-20(17,2)16(14)7-9-21(15,19)3/h14-17,19H,4-11H2,1-3H3/t14-,15-,16-,17+,19-,20+,21-/m0/s1. The monoisotopic (exact) mass is 346 g/mol. The molecule has 0 N–H and O–H groups in total. The molecule has 0 aromatic rings. The number of fused-ring (bicyclic) bond motifs is 5. The van der Waals surface area contributed by atoms with Gasteiger partial charge in [-0.2, -0.15) is 0 Å². The first-order chi connectivity index (χ1) is 11.8. The van der Waals surface area contributed by atoms with Crippen molar-refractivity contribution in [2.45, 2.75) is 78.2 Å². The van der Waals surface area contributed by atoms with E-state index >= 15 is 0 Å². The molecular weight excluding hydrogens is 316 g/mol. The Balaban J connectivity index is 1.63. The Morgan fingerprint density at radius 2 is 1.72 bits per heavy atom. The van der Waals surface area contributed by atoms with E-state index in [1.165, 1.54) is 6.92 Å². The Bertz CT molecular complexity index is 625. The topological polar surface area (TPSA) is 60.4 Å². The summed E-state index contributed by atoms with van der Waals surface area (Å²) in [7, 11) is 0. The molecule has 4 saturated carbocycles. The van der Waals surface area contributed by atoms with E-state index in [-0.39, 0.29) is 34.6 Å². The van der Waals surface area contributed by atoms with Crippen LogP contribution >= 0.6 is 0 Å². The molecule has 0 radical (unpaired) electrons. The van der Waals surface area contributed by atoms with Crippen molar-refractivity contribution in [1.82, 2.24) is 0 Å². The summed E-state index contributed by atoms with van der Waals surface area (Å²) >= 11 is 0. The Morgan fingerprint density at radius 1 is 1.00 bits per heavy atom. The van der Waals surface area contributed by atoms with Crippen LogP contribution in [0.3, 0.4) is 0 Å². The summed E-state index contributed by atoms with van der Waals surface area (Å²) in [5.41, 5.74) is 0.00948. The lowest BCUT2D eigenvalue weighted by Gasteiger charge is -2.59. The molecule has 4 fully saturated rings. The van der Waals surface area contributed by atoms with Crippen LogP contribution in [0.25, 0.3) is 0 Å². The van der Waals surface area contributed by atoms with Gasteiger partial charge >= 0.3 is 5.97 Å². The fourth-order valence-electron chi connectivity index (χ4n) is 7.18. The maximum absolute atomic E-state index is 12.9. The zero-order valence-corrected chi connectivity index (χ0v) is 15.7. The number of hydrogen-bond donors (Lipinski definition) is 0. The molecule has 4 nitrogen and oxygen atoms in total. The normalized spacial score (nSPS) is 49.2. The smallest absolute Gasteiger partial charge is 0.302 e. The van der Waals surface area contributed by atoms with Gasteiger partial charge in [-0.1, -0.05) is 13.8 Å². The summed E-state index contributed by atoms with van der Waals surface area (Å²) in [4.78, 5) is 36.4. The van der Waals surface area contributed by atoms with E-state index in [4.69, 9.17) is 4.74 Å². The third kappa shape index (κ3) is 2.43. The van der Waals surface area contributed by atoms with Crippen LogP contribution in [0, 0.1) is 34.5 Å². The Hall–Kier alpha value is -1.19. The summed E-state index contributed by atoms with van der Waals surface area (Å²) in [6, 6.07) is 0. The minimum absolute atomic E-state index is 0.00418. The van der Waals surface area contributed by atoms with Crippen molar-refractivity contribution in [3.8, 4) is 0 Å². The molecule has 0 amide bonds. The second-order valence-corrected chi connectivity index (χ2v) is 9.57. The van der Waals surface area contributed by atoms with Crippen LogP contribution in [0.5, 0.6) is 0 Å². The number of ether oxygens (including phenoxy) is 1. The van der Waals surface area contributed by atoms with E-state index in [0.29, 0.717) is 42.8 Å². The van der Waals surface area contributed by atoms with Crippen LogP contribution < -0.4 is 0 Å². The lowest BCUT2D eigenvalue weighted by Crippen LogP contribution is -2.57. The first-order valence-electron chi connectivity index (χ1n) is 9.97. The van der Waals surface area contributed by atoms with Gasteiger partial charge in [0.25, 0.3) is 0 Å². The van der Waals surface area contributed by atoms with Gasteiger partial charge in [-0.25, -0.2) is 0 Å². The van der Waals surface area contributed by atoms with Crippen molar-refractivity contribution < 1.29 is 19.1 Å². The minimum Gasteiger partial charge on any atom is -0.462 e. The van der Waals surface area contributed by atoms with Gasteiger partial charge in [0.05, 0.1) is 0 Å². The second-order valence-electron chi connectivity index (χ2n) is 9.57. The van der Waals surface area contributed by atoms with E-state index in [1.54, 1.807) is 0 Å². The number of Topliss-reactive ketones (excluding diaryl/α,β-unsaturated/α-hetero) is 2. The average molecular weight is 346 g/mol. The molecular formula is C21H30O4. The van der Waals surface area contributed by atoms with E-state index in [9.17, 15) is 14.4 Å². The van der Waals surface area contributed by atoms with Crippen LogP contribution in [0.4, 0.5) is 0 Å². The molecule has 0 saturated heterocycles.